The smallest absolute Gasteiger partial charge is 0.241 e. The lowest BCUT2D eigenvalue weighted by Gasteiger charge is -2.33. The lowest BCUT2D eigenvalue weighted by Crippen LogP contribution is -2.52. The van der Waals surface area contributed by atoms with E-state index in [-0.39, 0.29) is 17.2 Å². The highest BCUT2D eigenvalue weighted by Crippen LogP contribution is 2.22. The minimum absolute atomic E-state index is 0.00176. The molecule has 1 aromatic carbocycles. The Morgan fingerprint density at radius 2 is 1.80 bits per heavy atom. The molecule has 0 saturated carbocycles. The van der Waals surface area contributed by atoms with Crippen LogP contribution in [0.5, 0.6) is 0 Å². The van der Waals surface area contributed by atoms with Crippen LogP contribution in [-0.2, 0) is 31.4 Å². The highest BCUT2D eigenvalue weighted by Gasteiger charge is 2.36. The monoisotopic (exact) mass is 459 g/mol. The van der Waals surface area contributed by atoms with Gasteiger partial charge in [0.05, 0.1) is 10.6 Å². The van der Waals surface area contributed by atoms with Crippen LogP contribution in [0.3, 0.4) is 0 Å². The highest BCUT2D eigenvalue weighted by atomic mass is 32.2. The third-order valence-corrected chi connectivity index (χ3v) is 8.67. The molecule has 0 bridgehead atoms. The first kappa shape index (κ1) is 24.8. The van der Waals surface area contributed by atoms with Crippen LogP contribution in [0, 0.1) is 0 Å². The molecule has 0 aliphatic carbocycles. The first-order valence-electron chi connectivity index (χ1n) is 10.3. The minimum atomic E-state index is -3.77. The fraction of sp³-hybridized carbons (Fsp3) is 0.650. The van der Waals surface area contributed by atoms with E-state index in [4.69, 9.17) is 0 Å². The van der Waals surface area contributed by atoms with Crippen LogP contribution in [0.2, 0.25) is 0 Å². The van der Waals surface area contributed by atoms with Gasteiger partial charge in [-0.25, -0.2) is 21.6 Å². The van der Waals surface area contributed by atoms with Crippen LogP contribution < -0.4 is 10.0 Å². The fourth-order valence-electron chi connectivity index (χ4n) is 3.55. The van der Waals surface area contributed by atoms with Gasteiger partial charge in [0, 0.05) is 18.6 Å². The van der Waals surface area contributed by atoms with E-state index in [0.717, 1.165) is 12.8 Å². The van der Waals surface area contributed by atoms with Gasteiger partial charge in [-0.1, -0.05) is 31.5 Å². The van der Waals surface area contributed by atoms with Gasteiger partial charge in [0.2, 0.25) is 26.0 Å². The van der Waals surface area contributed by atoms with Gasteiger partial charge in [-0.15, -0.1) is 0 Å². The molecular weight excluding hydrogens is 426 g/mol. The highest BCUT2D eigenvalue weighted by molar-refractivity contribution is 7.89. The predicted octanol–water partition coefficient (Wildman–Crippen LogP) is 1.97. The maximum absolute atomic E-state index is 12.8. The Morgan fingerprint density at radius 1 is 1.13 bits per heavy atom. The third-order valence-electron chi connectivity index (χ3n) is 4.73. The molecular formula is C20H33N3O5S2. The van der Waals surface area contributed by atoms with E-state index in [9.17, 15) is 21.6 Å². The molecule has 2 rings (SSSR count). The first-order valence-corrected chi connectivity index (χ1v) is 13.4. The normalized spacial score (nSPS) is 18.9. The lowest BCUT2D eigenvalue weighted by atomic mass is 10.0. The van der Waals surface area contributed by atoms with Crippen LogP contribution >= 0.6 is 0 Å². The first-order chi connectivity index (χ1) is 13.9. The number of nitrogens with one attached hydrogen (secondary N) is 2. The molecule has 170 valence electrons. The number of hydrogen-bond donors (Lipinski definition) is 2. The zero-order valence-corrected chi connectivity index (χ0v) is 19.8. The average Bonchev–Trinajstić information content (AvgIpc) is 2.64. The summed E-state index contributed by atoms with van der Waals surface area (Å²) in [6.45, 7) is 7.38. The molecule has 0 radical (unpaired) electrons. The summed E-state index contributed by atoms with van der Waals surface area (Å²) in [6.07, 6.45) is 2.45. The maximum atomic E-state index is 12.8. The molecule has 1 atom stereocenters. The minimum Gasteiger partial charge on any atom is -0.351 e. The summed E-state index contributed by atoms with van der Waals surface area (Å²) in [7, 11) is -7.27. The van der Waals surface area contributed by atoms with Gasteiger partial charge < -0.3 is 5.32 Å². The summed E-state index contributed by atoms with van der Waals surface area (Å²) in [6, 6.07) is 5.71. The summed E-state index contributed by atoms with van der Waals surface area (Å²) in [5, 5.41) is 2.75. The Morgan fingerprint density at radius 3 is 2.43 bits per heavy atom. The van der Waals surface area contributed by atoms with Crippen molar-refractivity contribution in [3.8, 4) is 0 Å². The van der Waals surface area contributed by atoms with Crippen LogP contribution in [-0.4, -0.2) is 50.9 Å². The molecule has 1 aliphatic rings. The molecule has 0 spiro atoms. The Kier molecular flexibility index (Phi) is 8.06. The topological polar surface area (TPSA) is 113 Å². The van der Waals surface area contributed by atoms with Gasteiger partial charge in [-0.3, -0.25) is 4.79 Å². The van der Waals surface area contributed by atoms with Crippen LogP contribution in [0.15, 0.2) is 29.2 Å². The molecule has 1 amide bonds. The number of hydrogen-bond acceptors (Lipinski definition) is 5. The van der Waals surface area contributed by atoms with Crippen molar-refractivity contribution in [1.82, 2.24) is 14.3 Å². The molecule has 1 aromatic rings. The van der Waals surface area contributed by atoms with Gasteiger partial charge in [0.25, 0.3) is 0 Å². The van der Waals surface area contributed by atoms with Crippen molar-refractivity contribution in [3.05, 3.63) is 29.8 Å². The van der Waals surface area contributed by atoms with E-state index in [1.165, 1.54) is 10.4 Å². The van der Waals surface area contributed by atoms with E-state index in [1.54, 1.807) is 45.9 Å². The lowest BCUT2D eigenvalue weighted by molar-refractivity contribution is -0.125. The second-order valence-electron chi connectivity index (χ2n) is 8.62. The van der Waals surface area contributed by atoms with Crippen molar-refractivity contribution in [2.45, 2.75) is 76.4 Å². The Labute approximate surface area is 180 Å². The zero-order valence-electron chi connectivity index (χ0n) is 18.1. The molecule has 2 N–H and O–H groups in total. The summed E-state index contributed by atoms with van der Waals surface area (Å²) < 4.78 is 54.5. The molecule has 10 heteroatoms. The van der Waals surface area contributed by atoms with E-state index in [1.807, 2.05) is 0 Å². The molecule has 1 heterocycles. The van der Waals surface area contributed by atoms with E-state index >= 15 is 0 Å². The van der Waals surface area contributed by atoms with Crippen molar-refractivity contribution in [2.75, 3.05) is 12.3 Å². The number of nitrogens with zero attached hydrogens (tertiary/aromatic N) is 1. The second kappa shape index (κ2) is 9.76. The van der Waals surface area contributed by atoms with Gasteiger partial charge in [0.1, 0.15) is 6.04 Å². The Bertz CT molecular complexity index is 953. The average molecular weight is 460 g/mol. The van der Waals surface area contributed by atoms with Gasteiger partial charge >= 0.3 is 0 Å². The maximum Gasteiger partial charge on any atom is 0.241 e. The third kappa shape index (κ3) is 6.50. The van der Waals surface area contributed by atoms with Crippen molar-refractivity contribution in [3.63, 3.8) is 0 Å². The Hall–Kier alpha value is -1.49. The number of amides is 1. The zero-order chi connectivity index (χ0) is 22.6. The second-order valence-corrected chi connectivity index (χ2v) is 12.3. The number of benzene rings is 1. The molecule has 1 saturated heterocycles. The summed E-state index contributed by atoms with van der Waals surface area (Å²) in [4.78, 5) is 12.9. The van der Waals surface area contributed by atoms with Crippen LogP contribution in [0.1, 0.15) is 58.9 Å². The summed E-state index contributed by atoms with van der Waals surface area (Å²) in [5.74, 6) is -0.388. The largest absolute Gasteiger partial charge is 0.351 e. The van der Waals surface area contributed by atoms with Crippen molar-refractivity contribution in [1.29, 1.82) is 0 Å². The predicted molar refractivity (Wildman–Crippen MR) is 117 cm³/mol. The summed E-state index contributed by atoms with van der Waals surface area (Å²) in [5.41, 5.74) is -0.202. The van der Waals surface area contributed by atoms with Gasteiger partial charge in [0.15, 0.2) is 0 Å². The quantitative estimate of drug-likeness (QED) is 0.617. The van der Waals surface area contributed by atoms with Gasteiger partial charge in [-0.2, -0.15) is 4.31 Å². The number of carbonyl (C=O) groups excluding carboxylic acids is 1. The fourth-order valence-corrected chi connectivity index (χ4v) is 6.95. The van der Waals surface area contributed by atoms with E-state index in [2.05, 4.69) is 10.0 Å². The van der Waals surface area contributed by atoms with Crippen molar-refractivity contribution in [2.24, 2.45) is 0 Å². The number of carbonyl (C=O) groups is 1. The molecule has 1 fully saturated rings. The van der Waals surface area contributed by atoms with E-state index < -0.39 is 37.5 Å². The summed E-state index contributed by atoms with van der Waals surface area (Å²) >= 11 is 0. The molecule has 1 unspecified atom stereocenters. The van der Waals surface area contributed by atoms with Crippen molar-refractivity contribution < 1.29 is 21.6 Å². The number of piperidine rings is 1. The molecule has 30 heavy (non-hydrogen) atoms. The number of rotatable bonds is 8. The van der Waals surface area contributed by atoms with Crippen LogP contribution in [0.4, 0.5) is 0 Å². The van der Waals surface area contributed by atoms with Gasteiger partial charge in [-0.05, 0) is 51.7 Å². The van der Waals surface area contributed by atoms with Crippen LogP contribution in [0.25, 0.3) is 0 Å². The van der Waals surface area contributed by atoms with E-state index in [0.29, 0.717) is 24.9 Å². The SMILES string of the molecule is CCCS(=O)(=O)N1CCCCC1C(=O)NCc1ccccc1S(=O)(=O)NC(C)(C)C. The molecule has 1 aliphatic heterocycles. The van der Waals surface area contributed by atoms with Crippen molar-refractivity contribution >= 4 is 26.0 Å². The Balaban J connectivity index is 2.18. The number of sulfonamides is 2. The molecule has 8 nitrogen and oxygen atoms in total. The molecule has 0 aromatic heterocycles. The standard InChI is InChI=1S/C20H33N3O5S2/c1-5-14-29(25,26)23-13-9-8-11-17(23)19(24)21-15-16-10-6-7-12-18(16)30(27,28)22-20(2,3)4/h6-7,10,12,17,22H,5,8-9,11,13-15H2,1-4H3,(H,21,24).